The van der Waals surface area contributed by atoms with Gasteiger partial charge in [0.1, 0.15) is 10.6 Å². The van der Waals surface area contributed by atoms with Crippen LogP contribution < -0.4 is 10.6 Å². The second kappa shape index (κ2) is 5.68. The fourth-order valence-corrected chi connectivity index (χ4v) is 2.37. The molecule has 0 aliphatic carbocycles. The fraction of sp³-hybridized carbons (Fsp3) is 0.500. The summed E-state index contributed by atoms with van der Waals surface area (Å²) in [6, 6.07) is 1.92. The highest BCUT2D eigenvalue weighted by Crippen LogP contribution is 2.28. The summed E-state index contributed by atoms with van der Waals surface area (Å²) in [5.74, 6) is 1.16. The molecule has 0 unspecified atom stereocenters. The number of hydrogen-bond acceptors (Lipinski definition) is 7. The quantitative estimate of drug-likeness (QED) is 0.638. The number of rotatable bonds is 6. The van der Waals surface area contributed by atoms with Crippen LogP contribution >= 0.6 is 11.3 Å². The Morgan fingerprint density at radius 2 is 2.05 bits per heavy atom. The van der Waals surface area contributed by atoms with E-state index in [0.717, 1.165) is 16.8 Å². The second-order valence-electron chi connectivity index (χ2n) is 4.57. The number of anilines is 2. The summed E-state index contributed by atoms with van der Waals surface area (Å²) in [5, 5.41) is 27.7. The number of thiophene rings is 1. The van der Waals surface area contributed by atoms with Gasteiger partial charge in [0.15, 0.2) is 0 Å². The van der Waals surface area contributed by atoms with Crippen LogP contribution in [-0.2, 0) is 0 Å². The van der Waals surface area contributed by atoms with Crippen LogP contribution in [0.25, 0.3) is 10.2 Å². The third kappa shape index (κ3) is 2.94. The van der Waals surface area contributed by atoms with Crippen molar-refractivity contribution in [3.63, 3.8) is 0 Å². The molecule has 2 aromatic rings. The summed E-state index contributed by atoms with van der Waals surface area (Å²) >= 11 is 1.53. The number of aliphatic hydroxyl groups excluding tert-OH is 2. The normalized spacial score (nSPS) is 11.8. The van der Waals surface area contributed by atoms with Crippen molar-refractivity contribution in [2.45, 2.75) is 19.4 Å². The summed E-state index contributed by atoms with van der Waals surface area (Å²) in [7, 11) is 0. The van der Waals surface area contributed by atoms with Crippen LogP contribution in [0.4, 0.5) is 11.8 Å². The van der Waals surface area contributed by atoms with Gasteiger partial charge in [-0.05, 0) is 25.3 Å². The van der Waals surface area contributed by atoms with Gasteiger partial charge in [0, 0.05) is 6.54 Å². The van der Waals surface area contributed by atoms with Gasteiger partial charge in [0.05, 0.1) is 24.1 Å². The molecule has 4 N–H and O–H groups in total. The number of hydrogen-bond donors (Lipinski definition) is 4. The lowest BCUT2D eigenvalue weighted by molar-refractivity contribution is 0.147. The maximum atomic E-state index is 9.36. The van der Waals surface area contributed by atoms with Gasteiger partial charge in [-0.15, -0.1) is 11.3 Å². The molecule has 104 valence electrons. The Bertz CT molecular complexity index is 554. The molecule has 0 bridgehead atoms. The molecule has 6 nitrogen and oxygen atoms in total. The lowest BCUT2D eigenvalue weighted by atomic mass is 10.1. The molecule has 0 amide bonds. The molecule has 2 heterocycles. The smallest absolute Gasteiger partial charge is 0.226 e. The molecule has 0 atom stereocenters. The average Bonchev–Trinajstić information content (AvgIpc) is 2.87. The predicted molar refractivity (Wildman–Crippen MR) is 77.8 cm³/mol. The summed E-state index contributed by atoms with van der Waals surface area (Å²) in [4.78, 5) is 9.66. The summed E-state index contributed by atoms with van der Waals surface area (Å²) in [6.45, 7) is 4.07. The minimum atomic E-state index is -0.813. The third-order valence-corrected chi connectivity index (χ3v) is 3.58. The van der Waals surface area contributed by atoms with Crippen LogP contribution in [0, 0.1) is 0 Å². The first-order chi connectivity index (χ1) is 9.11. The molecule has 0 aliphatic rings. The highest BCUT2D eigenvalue weighted by atomic mass is 32.1. The van der Waals surface area contributed by atoms with E-state index in [9.17, 15) is 10.2 Å². The van der Waals surface area contributed by atoms with Gasteiger partial charge in [-0.3, -0.25) is 0 Å². The van der Waals surface area contributed by atoms with Crippen LogP contribution in [-0.4, -0.2) is 45.5 Å². The first-order valence-electron chi connectivity index (χ1n) is 6.11. The molecular weight excluding hydrogens is 264 g/mol. The highest BCUT2D eigenvalue weighted by molar-refractivity contribution is 7.16. The van der Waals surface area contributed by atoms with E-state index in [2.05, 4.69) is 20.6 Å². The SMILES string of the molecule is CCNc1nc(NC(C)(CO)CO)c2ccsc2n1. The predicted octanol–water partition coefficient (Wildman–Crippen LogP) is 1.28. The van der Waals surface area contributed by atoms with Crippen molar-refractivity contribution in [3.05, 3.63) is 11.4 Å². The van der Waals surface area contributed by atoms with E-state index >= 15 is 0 Å². The molecule has 0 aromatic carbocycles. The Labute approximate surface area is 115 Å². The van der Waals surface area contributed by atoms with Gasteiger partial charge in [0.25, 0.3) is 0 Å². The molecule has 0 spiro atoms. The van der Waals surface area contributed by atoms with E-state index in [1.165, 1.54) is 11.3 Å². The van der Waals surface area contributed by atoms with E-state index in [-0.39, 0.29) is 13.2 Å². The lowest BCUT2D eigenvalue weighted by Crippen LogP contribution is -2.42. The minimum absolute atomic E-state index is 0.185. The van der Waals surface area contributed by atoms with Gasteiger partial charge >= 0.3 is 0 Å². The van der Waals surface area contributed by atoms with Crippen molar-refractivity contribution in [1.29, 1.82) is 0 Å². The molecule has 2 rings (SSSR count). The van der Waals surface area contributed by atoms with Crippen molar-refractivity contribution in [1.82, 2.24) is 9.97 Å². The second-order valence-corrected chi connectivity index (χ2v) is 5.46. The van der Waals surface area contributed by atoms with Crippen molar-refractivity contribution in [2.24, 2.45) is 0 Å². The molecule has 2 aromatic heterocycles. The third-order valence-electron chi connectivity index (χ3n) is 2.78. The number of nitrogens with one attached hydrogen (secondary N) is 2. The van der Waals surface area contributed by atoms with Crippen LogP contribution in [0.1, 0.15) is 13.8 Å². The molecule has 0 saturated carbocycles. The molecule has 0 fully saturated rings. The van der Waals surface area contributed by atoms with E-state index in [0.29, 0.717) is 11.8 Å². The summed E-state index contributed by atoms with van der Waals surface area (Å²) in [5.41, 5.74) is -0.813. The fourth-order valence-electron chi connectivity index (χ4n) is 1.60. The summed E-state index contributed by atoms with van der Waals surface area (Å²) in [6.07, 6.45) is 0. The van der Waals surface area contributed by atoms with Gasteiger partial charge in [-0.25, -0.2) is 4.98 Å². The zero-order valence-corrected chi connectivity index (χ0v) is 11.8. The number of fused-ring (bicyclic) bond motifs is 1. The van der Waals surface area contributed by atoms with E-state index in [4.69, 9.17) is 0 Å². The maximum Gasteiger partial charge on any atom is 0.226 e. The largest absolute Gasteiger partial charge is 0.394 e. The molecule has 0 saturated heterocycles. The van der Waals surface area contributed by atoms with Crippen molar-refractivity contribution >= 4 is 33.3 Å². The van der Waals surface area contributed by atoms with Crippen molar-refractivity contribution in [3.8, 4) is 0 Å². The average molecular weight is 282 g/mol. The number of aromatic nitrogens is 2. The number of nitrogens with zero attached hydrogens (tertiary/aromatic N) is 2. The monoisotopic (exact) mass is 282 g/mol. The molecule has 19 heavy (non-hydrogen) atoms. The van der Waals surface area contributed by atoms with Crippen LogP contribution in [0.2, 0.25) is 0 Å². The van der Waals surface area contributed by atoms with E-state index < -0.39 is 5.54 Å². The Balaban J connectivity index is 2.42. The Morgan fingerprint density at radius 1 is 1.32 bits per heavy atom. The van der Waals surface area contributed by atoms with Crippen molar-refractivity contribution < 1.29 is 10.2 Å². The zero-order chi connectivity index (χ0) is 13.9. The molecule has 0 radical (unpaired) electrons. The molecule has 7 heteroatoms. The Morgan fingerprint density at radius 3 is 2.68 bits per heavy atom. The lowest BCUT2D eigenvalue weighted by Gasteiger charge is -2.27. The van der Waals surface area contributed by atoms with Crippen LogP contribution in [0.5, 0.6) is 0 Å². The molecule has 0 aliphatic heterocycles. The zero-order valence-electron chi connectivity index (χ0n) is 11.0. The first-order valence-corrected chi connectivity index (χ1v) is 6.99. The number of aliphatic hydroxyl groups is 2. The van der Waals surface area contributed by atoms with Gasteiger partial charge in [0.2, 0.25) is 5.95 Å². The first kappa shape index (κ1) is 14.0. The van der Waals surface area contributed by atoms with Gasteiger partial charge in [-0.2, -0.15) is 4.98 Å². The Hall–Kier alpha value is -1.44. The highest BCUT2D eigenvalue weighted by Gasteiger charge is 2.24. The van der Waals surface area contributed by atoms with Crippen LogP contribution in [0.15, 0.2) is 11.4 Å². The van der Waals surface area contributed by atoms with Crippen molar-refractivity contribution in [2.75, 3.05) is 30.4 Å². The van der Waals surface area contributed by atoms with Gasteiger partial charge in [-0.1, -0.05) is 0 Å². The summed E-state index contributed by atoms with van der Waals surface area (Å²) < 4.78 is 0. The van der Waals surface area contributed by atoms with E-state index in [1.54, 1.807) is 6.92 Å². The maximum absolute atomic E-state index is 9.36. The topological polar surface area (TPSA) is 90.3 Å². The van der Waals surface area contributed by atoms with E-state index in [1.807, 2.05) is 18.4 Å². The van der Waals surface area contributed by atoms with Gasteiger partial charge < -0.3 is 20.8 Å². The van der Waals surface area contributed by atoms with Crippen LogP contribution in [0.3, 0.4) is 0 Å². The molecular formula is C12H18N4O2S. The standard InChI is InChI=1S/C12H18N4O2S/c1-3-13-11-14-9(16-12(2,6-17)7-18)8-4-5-19-10(8)15-11/h4-5,17-18H,3,6-7H2,1-2H3,(H2,13,14,15,16). The Kier molecular flexibility index (Phi) is 4.18. The minimum Gasteiger partial charge on any atom is -0.394 e.